The summed E-state index contributed by atoms with van der Waals surface area (Å²) in [5, 5.41) is 8.41. The Morgan fingerprint density at radius 1 is 1.00 bits per heavy atom. The average molecular weight is 418 g/mol. The Morgan fingerprint density at radius 3 is 2.76 bits per heavy atom. The lowest BCUT2D eigenvalue weighted by Gasteiger charge is -2.09. The van der Waals surface area contributed by atoms with E-state index in [4.69, 9.17) is 0 Å². The Balaban J connectivity index is 1.42. The molecule has 0 amide bonds. The maximum atomic E-state index is 3.60. The molecule has 0 saturated heterocycles. The zero-order chi connectivity index (χ0) is 20.0. The summed E-state index contributed by atoms with van der Waals surface area (Å²) in [5.41, 5.74) is 6.11. The minimum Gasteiger partial charge on any atom is -0.361 e. The van der Waals surface area contributed by atoms with Crippen LogP contribution in [0.5, 0.6) is 0 Å². The second-order valence-corrected chi connectivity index (χ2v) is 9.72. The largest absolute Gasteiger partial charge is 0.361 e. The SMILES string of the molecule is Cc1c(Nc2csc(-c3cc4cc(CN(C)C)ccc4s3)c2)ccc2[nH]ccc12. The Bertz CT molecular complexity index is 1310. The number of H-pyrrole nitrogens is 1. The highest BCUT2D eigenvalue weighted by Gasteiger charge is 2.10. The van der Waals surface area contributed by atoms with Crippen molar-refractivity contribution in [3.05, 3.63) is 71.2 Å². The van der Waals surface area contributed by atoms with Gasteiger partial charge in [-0.05, 0) is 80.0 Å². The standard InChI is InChI=1S/C24H23N3S2/c1-15-19-8-9-25-21(19)6-5-20(15)26-18-12-23(28-14-18)24-11-17-10-16(13-27(2)3)4-7-22(17)29-24/h4-12,14,25-26H,13H2,1-3H3. The Kier molecular flexibility index (Phi) is 4.66. The fraction of sp³-hybridized carbons (Fsp3) is 0.167. The molecule has 0 aliphatic carbocycles. The Morgan fingerprint density at radius 2 is 1.90 bits per heavy atom. The molecule has 0 atom stereocenters. The van der Waals surface area contributed by atoms with Crippen LogP contribution in [0.4, 0.5) is 11.4 Å². The van der Waals surface area contributed by atoms with Gasteiger partial charge in [0.05, 0.1) is 0 Å². The molecule has 146 valence electrons. The fourth-order valence-corrected chi connectivity index (χ4v) is 5.76. The molecule has 0 unspecified atom stereocenters. The van der Waals surface area contributed by atoms with E-state index in [1.807, 2.05) is 17.5 Å². The highest BCUT2D eigenvalue weighted by Crippen LogP contribution is 2.39. The van der Waals surface area contributed by atoms with E-state index < -0.39 is 0 Å². The van der Waals surface area contributed by atoms with Crippen molar-refractivity contribution >= 4 is 55.0 Å². The molecule has 0 saturated carbocycles. The van der Waals surface area contributed by atoms with Gasteiger partial charge in [0.15, 0.2) is 0 Å². The summed E-state index contributed by atoms with van der Waals surface area (Å²) >= 11 is 3.67. The summed E-state index contributed by atoms with van der Waals surface area (Å²) in [6.07, 6.45) is 2.00. The lowest BCUT2D eigenvalue weighted by molar-refractivity contribution is 0.403. The van der Waals surface area contributed by atoms with Gasteiger partial charge < -0.3 is 15.2 Å². The molecule has 2 aromatic carbocycles. The molecule has 0 aliphatic heterocycles. The minimum absolute atomic E-state index is 0.971. The van der Waals surface area contributed by atoms with Gasteiger partial charge in [0.2, 0.25) is 0 Å². The first-order chi connectivity index (χ1) is 14.1. The van der Waals surface area contributed by atoms with Gasteiger partial charge >= 0.3 is 0 Å². The van der Waals surface area contributed by atoms with E-state index in [2.05, 4.69) is 90.1 Å². The molecule has 3 nitrogen and oxygen atoms in total. The number of aromatic amines is 1. The minimum atomic E-state index is 0.971. The number of hydrogen-bond donors (Lipinski definition) is 2. The third-order valence-corrected chi connectivity index (χ3v) is 7.45. The first-order valence-electron chi connectivity index (χ1n) is 9.67. The molecule has 0 bridgehead atoms. The predicted molar refractivity (Wildman–Crippen MR) is 129 cm³/mol. The highest BCUT2D eigenvalue weighted by molar-refractivity contribution is 7.25. The number of rotatable bonds is 5. The summed E-state index contributed by atoms with van der Waals surface area (Å²) in [7, 11) is 4.22. The van der Waals surface area contributed by atoms with Crippen LogP contribution in [0.15, 0.2) is 60.1 Å². The second-order valence-electron chi connectivity index (χ2n) is 7.72. The molecular formula is C24H23N3S2. The molecule has 2 N–H and O–H groups in total. The summed E-state index contributed by atoms with van der Waals surface area (Å²) in [5.74, 6) is 0. The zero-order valence-corrected chi connectivity index (χ0v) is 18.4. The van der Waals surface area contributed by atoms with Crippen molar-refractivity contribution in [2.45, 2.75) is 13.5 Å². The number of hydrogen-bond acceptors (Lipinski definition) is 4. The molecule has 0 spiro atoms. The van der Waals surface area contributed by atoms with E-state index in [1.54, 1.807) is 11.3 Å². The first-order valence-corrected chi connectivity index (χ1v) is 11.4. The number of nitrogens with one attached hydrogen (secondary N) is 2. The average Bonchev–Trinajstić information content (AvgIpc) is 3.41. The number of fused-ring (bicyclic) bond motifs is 2. The van der Waals surface area contributed by atoms with Gasteiger partial charge in [-0.1, -0.05) is 6.07 Å². The van der Waals surface area contributed by atoms with Gasteiger partial charge in [0.25, 0.3) is 0 Å². The van der Waals surface area contributed by atoms with Gasteiger partial charge in [-0.25, -0.2) is 0 Å². The quantitative estimate of drug-likeness (QED) is 0.316. The van der Waals surface area contributed by atoms with E-state index in [9.17, 15) is 0 Å². The number of thiophene rings is 2. The van der Waals surface area contributed by atoms with E-state index in [1.165, 1.54) is 41.9 Å². The fourth-order valence-electron chi connectivity index (χ4n) is 3.78. The summed E-state index contributed by atoms with van der Waals surface area (Å²) in [4.78, 5) is 8.12. The normalized spacial score (nSPS) is 11.7. The number of nitrogens with zero attached hydrogens (tertiary/aromatic N) is 1. The maximum absolute atomic E-state index is 3.60. The molecule has 5 heteroatoms. The van der Waals surface area contributed by atoms with Gasteiger partial charge in [-0.3, -0.25) is 0 Å². The molecule has 5 rings (SSSR count). The third kappa shape index (κ3) is 3.57. The van der Waals surface area contributed by atoms with Crippen LogP contribution in [-0.2, 0) is 6.54 Å². The van der Waals surface area contributed by atoms with Gasteiger partial charge in [-0.15, -0.1) is 22.7 Å². The van der Waals surface area contributed by atoms with Crippen LogP contribution in [0.2, 0.25) is 0 Å². The van der Waals surface area contributed by atoms with Crippen molar-refractivity contribution in [3.63, 3.8) is 0 Å². The number of benzene rings is 2. The van der Waals surface area contributed by atoms with Crippen LogP contribution in [0, 0.1) is 6.92 Å². The predicted octanol–water partition coefficient (Wildman–Crippen LogP) is 7.22. The van der Waals surface area contributed by atoms with Crippen LogP contribution in [-0.4, -0.2) is 24.0 Å². The van der Waals surface area contributed by atoms with Crippen molar-refractivity contribution in [2.24, 2.45) is 0 Å². The molecule has 3 heterocycles. The lowest BCUT2D eigenvalue weighted by atomic mass is 10.1. The van der Waals surface area contributed by atoms with Gasteiger partial charge in [0, 0.05) is 54.9 Å². The van der Waals surface area contributed by atoms with Crippen molar-refractivity contribution < 1.29 is 0 Å². The first kappa shape index (κ1) is 18.4. The zero-order valence-electron chi connectivity index (χ0n) is 16.7. The van der Waals surface area contributed by atoms with Gasteiger partial charge in [-0.2, -0.15) is 0 Å². The van der Waals surface area contributed by atoms with Crippen molar-refractivity contribution in [1.29, 1.82) is 0 Å². The van der Waals surface area contributed by atoms with Crippen LogP contribution in [0.1, 0.15) is 11.1 Å². The molecule has 29 heavy (non-hydrogen) atoms. The smallest absolute Gasteiger partial charge is 0.0499 e. The molecular weight excluding hydrogens is 394 g/mol. The monoisotopic (exact) mass is 417 g/mol. The molecule has 0 fully saturated rings. The number of aryl methyl sites for hydroxylation is 1. The van der Waals surface area contributed by atoms with Gasteiger partial charge in [0.1, 0.15) is 0 Å². The third-order valence-electron chi connectivity index (χ3n) is 5.20. The molecule has 5 aromatic rings. The lowest BCUT2D eigenvalue weighted by Crippen LogP contribution is -2.10. The van der Waals surface area contributed by atoms with Crippen molar-refractivity contribution in [3.8, 4) is 9.75 Å². The van der Waals surface area contributed by atoms with E-state index in [-0.39, 0.29) is 0 Å². The molecule has 0 radical (unpaired) electrons. The molecule has 3 aromatic heterocycles. The highest BCUT2D eigenvalue weighted by atomic mass is 32.1. The van der Waals surface area contributed by atoms with Crippen LogP contribution < -0.4 is 5.32 Å². The second kappa shape index (κ2) is 7.34. The Labute approximate surface area is 178 Å². The van der Waals surface area contributed by atoms with Crippen LogP contribution >= 0.6 is 22.7 Å². The van der Waals surface area contributed by atoms with Crippen LogP contribution in [0.3, 0.4) is 0 Å². The summed E-state index contributed by atoms with van der Waals surface area (Å²) < 4.78 is 1.35. The molecule has 0 aliphatic rings. The van der Waals surface area contributed by atoms with E-state index >= 15 is 0 Å². The maximum Gasteiger partial charge on any atom is 0.0499 e. The summed E-state index contributed by atoms with van der Waals surface area (Å²) in [6, 6.07) is 17.8. The Hall–Kier alpha value is -2.60. The summed E-state index contributed by atoms with van der Waals surface area (Å²) in [6.45, 7) is 3.14. The van der Waals surface area contributed by atoms with Crippen molar-refractivity contribution in [2.75, 3.05) is 19.4 Å². The number of anilines is 2. The topological polar surface area (TPSA) is 31.1 Å². The van der Waals surface area contributed by atoms with Crippen LogP contribution in [0.25, 0.3) is 30.7 Å². The number of aromatic nitrogens is 1. The van der Waals surface area contributed by atoms with E-state index in [0.717, 1.165) is 17.9 Å². The van der Waals surface area contributed by atoms with Crippen molar-refractivity contribution in [1.82, 2.24) is 9.88 Å². The van der Waals surface area contributed by atoms with E-state index in [0.29, 0.717) is 0 Å².